The van der Waals surface area contributed by atoms with Crippen molar-refractivity contribution >= 4 is 5.91 Å². The zero-order valence-electron chi connectivity index (χ0n) is 12.3. The van der Waals surface area contributed by atoms with Gasteiger partial charge in [-0.15, -0.1) is 0 Å². The molecule has 0 aliphatic heterocycles. The predicted octanol–water partition coefficient (Wildman–Crippen LogP) is 3.13. The van der Waals surface area contributed by atoms with Crippen LogP contribution >= 0.6 is 0 Å². The minimum absolute atomic E-state index is 0.205. The average molecular weight is 305 g/mol. The largest absolute Gasteiger partial charge is 0.386 e. The Kier molecular flexibility index (Phi) is 4.88. The number of carbonyl (C=O) groups excluding carboxylic acids is 1. The summed E-state index contributed by atoms with van der Waals surface area (Å²) >= 11 is 0. The Morgan fingerprint density at radius 2 is 1.82 bits per heavy atom. The summed E-state index contributed by atoms with van der Waals surface area (Å²) in [6.45, 7) is 3.41. The number of hydrogen-bond donors (Lipinski definition) is 2. The third kappa shape index (κ3) is 3.49. The molecule has 2 unspecified atom stereocenters. The number of halogens is 2. The van der Waals surface area contributed by atoms with Crippen LogP contribution in [-0.2, 0) is 0 Å². The van der Waals surface area contributed by atoms with E-state index in [0.29, 0.717) is 5.56 Å². The molecule has 2 rings (SSSR count). The van der Waals surface area contributed by atoms with Crippen molar-refractivity contribution in [3.8, 4) is 0 Å². The van der Waals surface area contributed by atoms with Gasteiger partial charge in [-0.1, -0.05) is 24.3 Å². The van der Waals surface area contributed by atoms with Crippen molar-refractivity contribution in [2.45, 2.75) is 26.0 Å². The van der Waals surface area contributed by atoms with Gasteiger partial charge in [-0.2, -0.15) is 0 Å². The smallest absolute Gasteiger partial charge is 0.251 e. The zero-order valence-corrected chi connectivity index (χ0v) is 12.3. The number of aliphatic hydroxyl groups excluding tert-OH is 1. The molecule has 5 heteroatoms. The molecule has 0 aliphatic carbocycles. The molecule has 116 valence electrons. The zero-order chi connectivity index (χ0) is 16.3. The van der Waals surface area contributed by atoms with E-state index in [4.69, 9.17) is 0 Å². The van der Waals surface area contributed by atoms with Crippen LogP contribution in [0.5, 0.6) is 0 Å². The highest BCUT2D eigenvalue weighted by Gasteiger charge is 2.20. The molecule has 0 aromatic heterocycles. The minimum Gasteiger partial charge on any atom is -0.386 e. The van der Waals surface area contributed by atoms with Gasteiger partial charge in [0.2, 0.25) is 0 Å². The van der Waals surface area contributed by atoms with Gasteiger partial charge in [0.15, 0.2) is 11.6 Å². The van der Waals surface area contributed by atoms with Crippen LogP contribution in [0.15, 0.2) is 42.5 Å². The first-order valence-corrected chi connectivity index (χ1v) is 6.89. The lowest BCUT2D eigenvalue weighted by Crippen LogP contribution is -2.37. The summed E-state index contributed by atoms with van der Waals surface area (Å²) in [7, 11) is 0. The SMILES string of the molecule is Cc1ccccc1C(=O)NC(C)C(O)c1ccc(F)c(F)c1. The van der Waals surface area contributed by atoms with Crippen molar-refractivity contribution in [2.75, 3.05) is 0 Å². The highest BCUT2D eigenvalue weighted by atomic mass is 19.2. The first-order chi connectivity index (χ1) is 10.4. The van der Waals surface area contributed by atoms with E-state index in [2.05, 4.69) is 5.32 Å². The quantitative estimate of drug-likeness (QED) is 0.912. The number of carbonyl (C=O) groups is 1. The van der Waals surface area contributed by atoms with E-state index in [1.165, 1.54) is 6.07 Å². The van der Waals surface area contributed by atoms with Crippen molar-refractivity contribution in [2.24, 2.45) is 0 Å². The Labute approximate surface area is 127 Å². The molecule has 2 aromatic rings. The Balaban J connectivity index is 2.11. The number of nitrogens with one attached hydrogen (secondary N) is 1. The van der Waals surface area contributed by atoms with Gasteiger partial charge in [0, 0.05) is 5.56 Å². The van der Waals surface area contributed by atoms with E-state index in [1.54, 1.807) is 19.1 Å². The molecule has 0 saturated carbocycles. The molecule has 2 aromatic carbocycles. The van der Waals surface area contributed by atoms with Gasteiger partial charge in [0.05, 0.1) is 12.1 Å². The molecular weight excluding hydrogens is 288 g/mol. The first kappa shape index (κ1) is 16.1. The molecule has 0 heterocycles. The lowest BCUT2D eigenvalue weighted by atomic mass is 10.0. The van der Waals surface area contributed by atoms with Gasteiger partial charge >= 0.3 is 0 Å². The van der Waals surface area contributed by atoms with Crippen LogP contribution in [0.4, 0.5) is 8.78 Å². The van der Waals surface area contributed by atoms with E-state index in [0.717, 1.165) is 17.7 Å². The maximum absolute atomic E-state index is 13.2. The molecular formula is C17H17F2NO2. The maximum Gasteiger partial charge on any atom is 0.251 e. The Hall–Kier alpha value is -2.27. The number of amides is 1. The van der Waals surface area contributed by atoms with Crippen LogP contribution in [0.25, 0.3) is 0 Å². The average Bonchev–Trinajstić information content (AvgIpc) is 2.49. The van der Waals surface area contributed by atoms with Crippen molar-refractivity contribution in [3.63, 3.8) is 0 Å². The van der Waals surface area contributed by atoms with E-state index in [9.17, 15) is 18.7 Å². The fourth-order valence-electron chi connectivity index (χ4n) is 2.18. The second-order valence-corrected chi connectivity index (χ2v) is 5.20. The lowest BCUT2D eigenvalue weighted by Gasteiger charge is -2.21. The molecule has 0 bridgehead atoms. The van der Waals surface area contributed by atoms with Crippen LogP contribution in [0.2, 0.25) is 0 Å². The molecule has 0 spiro atoms. The topological polar surface area (TPSA) is 49.3 Å². The molecule has 0 saturated heterocycles. The predicted molar refractivity (Wildman–Crippen MR) is 79.4 cm³/mol. The van der Waals surface area contributed by atoms with Gasteiger partial charge in [-0.3, -0.25) is 4.79 Å². The summed E-state index contributed by atoms with van der Waals surface area (Å²) in [5.41, 5.74) is 1.53. The third-order valence-electron chi connectivity index (χ3n) is 3.51. The number of hydrogen-bond acceptors (Lipinski definition) is 2. The van der Waals surface area contributed by atoms with Gasteiger partial charge < -0.3 is 10.4 Å². The second-order valence-electron chi connectivity index (χ2n) is 5.20. The summed E-state index contributed by atoms with van der Waals surface area (Å²) < 4.78 is 26.1. The van der Waals surface area contributed by atoms with E-state index in [-0.39, 0.29) is 11.5 Å². The van der Waals surface area contributed by atoms with Crippen LogP contribution in [0, 0.1) is 18.6 Å². The number of benzene rings is 2. The van der Waals surface area contributed by atoms with E-state index in [1.807, 2.05) is 19.1 Å². The van der Waals surface area contributed by atoms with E-state index >= 15 is 0 Å². The summed E-state index contributed by atoms with van der Waals surface area (Å²) in [4.78, 5) is 12.2. The summed E-state index contributed by atoms with van der Waals surface area (Å²) in [6.07, 6.45) is -1.14. The highest BCUT2D eigenvalue weighted by Crippen LogP contribution is 2.20. The molecule has 0 aliphatic rings. The summed E-state index contributed by atoms with van der Waals surface area (Å²) in [5.74, 6) is -2.34. The number of aryl methyl sites for hydroxylation is 1. The molecule has 0 fully saturated rings. The monoisotopic (exact) mass is 305 g/mol. The summed E-state index contributed by atoms with van der Waals surface area (Å²) in [5, 5.41) is 12.8. The Morgan fingerprint density at radius 1 is 1.14 bits per heavy atom. The van der Waals surface area contributed by atoms with Crippen molar-refractivity contribution in [1.29, 1.82) is 0 Å². The van der Waals surface area contributed by atoms with Crippen molar-refractivity contribution < 1.29 is 18.7 Å². The fourth-order valence-corrected chi connectivity index (χ4v) is 2.18. The summed E-state index contributed by atoms with van der Waals surface area (Å²) in [6, 6.07) is 9.58. The first-order valence-electron chi connectivity index (χ1n) is 6.89. The maximum atomic E-state index is 13.2. The third-order valence-corrected chi connectivity index (χ3v) is 3.51. The number of rotatable bonds is 4. The van der Waals surface area contributed by atoms with Crippen LogP contribution < -0.4 is 5.32 Å². The lowest BCUT2D eigenvalue weighted by molar-refractivity contribution is 0.0851. The Morgan fingerprint density at radius 3 is 2.45 bits per heavy atom. The highest BCUT2D eigenvalue weighted by molar-refractivity contribution is 5.95. The number of aliphatic hydroxyl groups is 1. The van der Waals surface area contributed by atoms with Crippen LogP contribution in [0.1, 0.15) is 34.5 Å². The fraction of sp³-hybridized carbons (Fsp3) is 0.235. The van der Waals surface area contributed by atoms with Crippen molar-refractivity contribution in [3.05, 3.63) is 70.8 Å². The van der Waals surface area contributed by atoms with Gasteiger partial charge in [-0.05, 0) is 43.2 Å². The normalized spacial score (nSPS) is 13.5. The standard InChI is InChI=1S/C17H17F2NO2/c1-10-5-3-4-6-13(10)17(22)20-11(2)16(21)12-7-8-14(18)15(19)9-12/h3-9,11,16,21H,1-2H3,(H,20,22). The van der Waals surface area contributed by atoms with Gasteiger partial charge in [0.1, 0.15) is 0 Å². The van der Waals surface area contributed by atoms with Gasteiger partial charge in [0.25, 0.3) is 5.91 Å². The minimum atomic E-state index is -1.14. The molecule has 0 radical (unpaired) electrons. The molecule has 22 heavy (non-hydrogen) atoms. The molecule has 2 N–H and O–H groups in total. The molecule has 3 nitrogen and oxygen atoms in total. The van der Waals surface area contributed by atoms with E-state index < -0.39 is 23.8 Å². The van der Waals surface area contributed by atoms with Gasteiger partial charge in [-0.25, -0.2) is 8.78 Å². The van der Waals surface area contributed by atoms with Crippen LogP contribution in [-0.4, -0.2) is 17.1 Å². The molecule has 2 atom stereocenters. The second kappa shape index (κ2) is 6.66. The molecule has 1 amide bonds. The Bertz CT molecular complexity index is 688. The van der Waals surface area contributed by atoms with Crippen molar-refractivity contribution in [1.82, 2.24) is 5.32 Å². The van der Waals surface area contributed by atoms with Crippen LogP contribution in [0.3, 0.4) is 0 Å².